The van der Waals surface area contributed by atoms with E-state index < -0.39 is 0 Å². The molecule has 2 aromatic rings. The Morgan fingerprint density at radius 1 is 1.19 bits per heavy atom. The van der Waals surface area contributed by atoms with Crippen molar-refractivity contribution in [1.29, 1.82) is 0 Å². The maximum atomic E-state index is 4.52. The van der Waals surface area contributed by atoms with Crippen LogP contribution < -0.4 is 0 Å². The van der Waals surface area contributed by atoms with Crippen LogP contribution in [0.5, 0.6) is 0 Å². The summed E-state index contributed by atoms with van der Waals surface area (Å²) in [5.74, 6) is 0. The molecule has 2 nitrogen and oxygen atoms in total. The zero-order valence-corrected chi connectivity index (χ0v) is 10.1. The van der Waals surface area contributed by atoms with Crippen LogP contribution in [0.1, 0.15) is 29.8 Å². The van der Waals surface area contributed by atoms with E-state index in [1.165, 1.54) is 11.1 Å². The Balaban J connectivity index is 2.11. The molecule has 1 heterocycles. The van der Waals surface area contributed by atoms with Crippen molar-refractivity contribution >= 4 is 0 Å². The number of rotatable bonds is 3. The van der Waals surface area contributed by atoms with Crippen molar-refractivity contribution in [3.05, 3.63) is 53.3 Å². The van der Waals surface area contributed by atoms with Crippen molar-refractivity contribution in [2.45, 2.75) is 33.2 Å². The van der Waals surface area contributed by atoms with E-state index in [9.17, 15) is 0 Å². The molecule has 0 spiro atoms. The molecule has 2 rings (SSSR count). The molecule has 1 aromatic carbocycles. The summed E-state index contributed by atoms with van der Waals surface area (Å²) in [6, 6.07) is 11.0. The number of benzene rings is 1. The van der Waals surface area contributed by atoms with Gasteiger partial charge in [0.25, 0.3) is 0 Å². The number of hydrogen-bond donors (Lipinski definition) is 0. The third kappa shape index (κ3) is 2.32. The summed E-state index contributed by atoms with van der Waals surface area (Å²) in [5, 5.41) is 4.52. The standard InChI is InChI=1S/C14H18N2/c1-11-10-16(15-13(11)3)12(2)9-14-7-5-4-6-8-14/h4-8,10,12H,9H2,1-3H3. The molecule has 0 aliphatic rings. The van der Waals surface area contributed by atoms with Crippen LogP contribution in [0.25, 0.3) is 0 Å². The Morgan fingerprint density at radius 3 is 2.44 bits per heavy atom. The maximum absolute atomic E-state index is 4.52. The van der Waals surface area contributed by atoms with Gasteiger partial charge in [0.1, 0.15) is 0 Å². The highest BCUT2D eigenvalue weighted by molar-refractivity contribution is 5.17. The van der Waals surface area contributed by atoms with Gasteiger partial charge in [-0.25, -0.2) is 0 Å². The van der Waals surface area contributed by atoms with Gasteiger partial charge in [0.05, 0.1) is 11.7 Å². The second kappa shape index (κ2) is 4.52. The van der Waals surface area contributed by atoms with Gasteiger partial charge in [-0.15, -0.1) is 0 Å². The fourth-order valence-electron chi connectivity index (χ4n) is 1.85. The summed E-state index contributed by atoms with van der Waals surface area (Å²) in [7, 11) is 0. The van der Waals surface area contributed by atoms with E-state index in [-0.39, 0.29) is 0 Å². The smallest absolute Gasteiger partial charge is 0.0622 e. The number of aryl methyl sites for hydroxylation is 2. The number of nitrogens with zero attached hydrogens (tertiary/aromatic N) is 2. The highest BCUT2D eigenvalue weighted by Crippen LogP contribution is 2.15. The van der Waals surface area contributed by atoms with Crippen molar-refractivity contribution in [3.8, 4) is 0 Å². The lowest BCUT2D eigenvalue weighted by Crippen LogP contribution is -2.08. The first-order chi connectivity index (χ1) is 7.66. The molecule has 0 radical (unpaired) electrons. The summed E-state index contributed by atoms with van der Waals surface area (Å²) in [4.78, 5) is 0. The summed E-state index contributed by atoms with van der Waals surface area (Å²) >= 11 is 0. The maximum Gasteiger partial charge on any atom is 0.0622 e. The molecule has 0 saturated heterocycles. The van der Waals surface area contributed by atoms with E-state index in [0.29, 0.717) is 6.04 Å². The van der Waals surface area contributed by atoms with Crippen molar-refractivity contribution < 1.29 is 0 Å². The third-order valence-corrected chi connectivity index (χ3v) is 2.99. The predicted molar refractivity (Wildman–Crippen MR) is 66.6 cm³/mol. The molecule has 0 amide bonds. The number of aromatic nitrogens is 2. The van der Waals surface area contributed by atoms with Crippen LogP contribution in [0.2, 0.25) is 0 Å². The molecule has 0 bridgehead atoms. The first-order valence-corrected chi connectivity index (χ1v) is 5.73. The molecule has 0 aliphatic carbocycles. The fourth-order valence-corrected chi connectivity index (χ4v) is 1.85. The highest BCUT2D eigenvalue weighted by Gasteiger charge is 2.08. The normalized spacial score (nSPS) is 12.7. The van der Waals surface area contributed by atoms with Gasteiger partial charge in [-0.1, -0.05) is 30.3 Å². The van der Waals surface area contributed by atoms with E-state index in [2.05, 4.69) is 67.1 Å². The minimum absolute atomic E-state index is 0.412. The van der Waals surface area contributed by atoms with Gasteiger partial charge in [-0.05, 0) is 38.3 Å². The lowest BCUT2D eigenvalue weighted by Gasteiger charge is -2.11. The summed E-state index contributed by atoms with van der Waals surface area (Å²) in [6.07, 6.45) is 3.16. The number of hydrogen-bond acceptors (Lipinski definition) is 1. The van der Waals surface area contributed by atoms with Crippen molar-refractivity contribution in [2.24, 2.45) is 0 Å². The van der Waals surface area contributed by atoms with E-state index in [1.54, 1.807) is 0 Å². The van der Waals surface area contributed by atoms with Crippen LogP contribution in [-0.2, 0) is 6.42 Å². The fraction of sp³-hybridized carbons (Fsp3) is 0.357. The monoisotopic (exact) mass is 214 g/mol. The Labute approximate surface area is 96.9 Å². The molecule has 1 aromatic heterocycles. The average molecular weight is 214 g/mol. The van der Waals surface area contributed by atoms with Crippen LogP contribution >= 0.6 is 0 Å². The van der Waals surface area contributed by atoms with Gasteiger partial charge >= 0.3 is 0 Å². The van der Waals surface area contributed by atoms with Crippen molar-refractivity contribution in [1.82, 2.24) is 9.78 Å². The lowest BCUT2D eigenvalue weighted by atomic mass is 10.1. The minimum Gasteiger partial charge on any atom is -0.269 e. The molecule has 0 fully saturated rings. The SMILES string of the molecule is Cc1cn(C(C)Cc2ccccc2)nc1C. The molecular formula is C14H18N2. The largest absolute Gasteiger partial charge is 0.269 e. The lowest BCUT2D eigenvalue weighted by molar-refractivity contribution is 0.486. The van der Waals surface area contributed by atoms with Gasteiger partial charge in [-0.3, -0.25) is 4.68 Å². The highest BCUT2D eigenvalue weighted by atomic mass is 15.3. The average Bonchev–Trinajstić information content (AvgIpc) is 2.61. The van der Waals surface area contributed by atoms with E-state index in [4.69, 9.17) is 0 Å². The quantitative estimate of drug-likeness (QED) is 0.766. The zero-order chi connectivity index (χ0) is 11.5. The van der Waals surface area contributed by atoms with Gasteiger partial charge in [0, 0.05) is 6.20 Å². The second-order valence-corrected chi connectivity index (χ2v) is 4.42. The van der Waals surface area contributed by atoms with Gasteiger partial charge in [0.15, 0.2) is 0 Å². The van der Waals surface area contributed by atoms with Crippen molar-refractivity contribution in [2.75, 3.05) is 0 Å². The minimum atomic E-state index is 0.412. The Morgan fingerprint density at radius 2 is 1.88 bits per heavy atom. The van der Waals surface area contributed by atoms with Crippen LogP contribution in [0.3, 0.4) is 0 Å². The zero-order valence-electron chi connectivity index (χ0n) is 10.1. The van der Waals surface area contributed by atoms with Crippen LogP contribution in [0, 0.1) is 13.8 Å². The molecule has 1 atom stereocenters. The Hall–Kier alpha value is -1.57. The molecule has 0 saturated carbocycles. The summed E-state index contributed by atoms with van der Waals surface area (Å²) < 4.78 is 2.07. The second-order valence-electron chi connectivity index (χ2n) is 4.42. The van der Waals surface area contributed by atoms with Gasteiger partial charge in [-0.2, -0.15) is 5.10 Å². The molecule has 16 heavy (non-hydrogen) atoms. The first-order valence-electron chi connectivity index (χ1n) is 5.73. The van der Waals surface area contributed by atoms with Crippen LogP contribution in [0.15, 0.2) is 36.5 Å². The molecule has 0 aliphatic heterocycles. The van der Waals surface area contributed by atoms with Gasteiger partial charge < -0.3 is 0 Å². The molecular weight excluding hydrogens is 196 g/mol. The Kier molecular flexibility index (Phi) is 3.09. The Bertz CT molecular complexity index is 437. The van der Waals surface area contributed by atoms with Crippen molar-refractivity contribution in [3.63, 3.8) is 0 Å². The first kappa shape index (κ1) is 10.9. The van der Waals surface area contributed by atoms with E-state index in [1.807, 2.05) is 0 Å². The summed E-state index contributed by atoms with van der Waals surface area (Å²) in [5.41, 5.74) is 3.75. The van der Waals surface area contributed by atoms with E-state index in [0.717, 1.165) is 12.1 Å². The molecule has 1 unspecified atom stereocenters. The van der Waals surface area contributed by atoms with Gasteiger partial charge in [0.2, 0.25) is 0 Å². The third-order valence-electron chi connectivity index (χ3n) is 2.99. The van der Waals surface area contributed by atoms with Crippen LogP contribution in [0.4, 0.5) is 0 Å². The molecule has 0 N–H and O–H groups in total. The molecule has 84 valence electrons. The topological polar surface area (TPSA) is 17.8 Å². The van der Waals surface area contributed by atoms with Crippen LogP contribution in [-0.4, -0.2) is 9.78 Å². The summed E-state index contributed by atoms with van der Waals surface area (Å²) in [6.45, 7) is 6.37. The predicted octanol–water partition coefficient (Wildman–Crippen LogP) is 3.30. The molecule has 2 heteroatoms. The van der Waals surface area contributed by atoms with E-state index >= 15 is 0 Å².